The van der Waals surface area contributed by atoms with Crippen LogP contribution in [0.4, 0.5) is 0 Å². The summed E-state index contributed by atoms with van der Waals surface area (Å²) in [6, 6.07) is 6.56. The molecule has 5 nitrogen and oxygen atoms in total. The summed E-state index contributed by atoms with van der Waals surface area (Å²) in [5.41, 5.74) is 6.86. The van der Waals surface area contributed by atoms with E-state index in [1.165, 1.54) is 192 Å². The van der Waals surface area contributed by atoms with Gasteiger partial charge in [0.05, 0.1) is 13.2 Å². The third kappa shape index (κ3) is 44.9. The number of hydrogen-bond acceptors (Lipinski definition) is 5. The topological polar surface area (TPSA) is 68.5 Å². The van der Waals surface area contributed by atoms with E-state index in [4.69, 9.17) is 15.2 Å². The van der Waals surface area contributed by atoms with E-state index < -0.39 is 0 Å². The Bertz CT molecular complexity index is 997. The first-order valence-electron chi connectivity index (χ1n) is 24.6. The summed E-state index contributed by atoms with van der Waals surface area (Å²) < 4.78 is 12.7. The van der Waals surface area contributed by atoms with Crippen molar-refractivity contribution < 1.29 is 9.47 Å². The van der Waals surface area contributed by atoms with Crippen LogP contribution in [0.5, 0.6) is 11.5 Å². The zero-order chi connectivity index (χ0) is 40.1. The molecule has 0 bridgehead atoms. The Balaban J connectivity index is -0.0000105. The van der Waals surface area contributed by atoms with Gasteiger partial charge in [-0.2, -0.15) is 0 Å². The summed E-state index contributed by atoms with van der Waals surface area (Å²) in [5, 5.41) is 7.17. The van der Waals surface area contributed by atoms with Crippen molar-refractivity contribution in [1.29, 1.82) is 0 Å². The van der Waals surface area contributed by atoms with Gasteiger partial charge in [0.2, 0.25) is 0 Å². The molecule has 0 saturated carbocycles. The monoisotopic (exact) mass is 890 g/mol. The standard InChI is InChI=1S/C51H95N3O2.3ClH/c1-3-5-7-9-11-13-15-17-19-21-23-25-27-29-31-37-45-55-50-40-39-49(48-54-44-36-35-43-53-42-34-33-41-52)47-51(50)56-46-38-32-30-28-26-24-22-20-18-16-14-12-10-8-6-4-2;;;/h17-20,39-40,47,53-54H,3-16,21-38,41-46,48,52H2,1-2H3;3*1H. The number of nitrogens with two attached hydrogens (primary N) is 1. The maximum Gasteiger partial charge on any atom is 0.161 e. The lowest BCUT2D eigenvalue weighted by molar-refractivity contribution is 0.258. The van der Waals surface area contributed by atoms with E-state index in [0.717, 1.165) is 76.7 Å². The molecule has 59 heavy (non-hydrogen) atoms. The predicted molar refractivity (Wildman–Crippen MR) is 270 cm³/mol. The Labute approximate surface area is 386 Å². The SMILES string of the molecule is CCCCCCCCC=CCCCCCCCCOc1ccc(CNCCCCNCCCCN)cc1OCCCCCCCCC=CCCCCCCCC.Cl.Cl.Cl. The van der Waals surface area contributed by atoms with Gasteiger partial charge in [0.15, 0.2) is 11.5 Å². The average Bonchev–Trinajstić information content (AvgIpc) is 3.21. The zero-order valence-corrected chi connectivity index (χ0v) is 41.2. The van der Waals surface area contributed by atoms with Crippen molar-refractivity contribution in [3.63, 3.8) is 0 Å². The maximum atomic E-state index is 6.40. The maximum absolute atomic E-state index is 6.40. The van der Waals surface area contributed by atoms with E-state index >= 15 is 0 Å². The molecular formula is C51H98Cl3N3O2. The number of nitrogens with one attached hydrogen (secondary N) is 2. The largest absolute Gasteiger partial charge is 0.490 e. The zero-order valence-electron chi connectivity index (χ0n) is 38.7. The molecule has 1 aromatic carbocycles. The van der Waals surface area contributed by atoms with Crippen LogP contribution in [0, 0.1) is 0 Å². The molecular weight excluding hydrogens is 793 g/mol. The smallest absolute Gasteiger partial charge is 0.161 e. The molecule has 0 amide bonds. The summed E-state index contributed by atoms with van der Waals surface area (Å²) in [6.45, 7) is 11.0. The van der Waals surface area contributed by atoms with Crippen LogP contribution in [0.2, 0.25) is 0 Å². The molecule has 0 radical (unpaired) electrons. The summed E-state index contributed by atoms with van der Waals surface area (Å²) in [7, 11) is 0. The van der Waals surface area contributed by atoms with Gasteiger partial charge < -0.3 is 25.8 Å². The van der Waals surface area contributed by atoms with Crippen molar-refractivity contribution in [1.82, 2.24) is 10.6 Å². The molecule has 0 heterocycles. The van der Waals surface area contributed by atoms with E-state index in [0.29, 0.717) is 0 Å². The van der Waals surface area contributed by atoms with Crippen molar-refractivity contribution >= 4 is 37.2 Å². The van der Waals surface area contributed by atoms with Crippen molar-refractivity contribution in [2.24, 2.45) is 5.73 Å². The van der Waals surface area contributed by atoms with Gasteiger partial charge in [-0.3, -0.25) is 0 Å². The van der Waals surface area contributed by atoms with Crippen LogP contribution in [0.15, 0.2) is 42.5 Å². The molecule has 1 aromatic rings. The fourth-order valence-electron chi connectivity index (χ4n) is 7.21. The van der Waals surface area contributed by atoms with Gasteiger partial charge in [0.1, 0.15) is 0 Å². The van der Waals surface area contributed by atoms with Gasteiger partial charge in [0, 0.05) is 6.54 Å². The van der Waals surface area contributed by atoms with Crippen LogP contribution >= 0.6 is 37.2 Å². The van der Waals surface area contributed by atoms with Crippen molar-refractivity contribution in [2.75, 3.05) is 39.4 Å². The molecule has 0 saturated heterocycles. The minimum Gasteiger partial charge on any atom is -0.490 e. The molecule has 0 spiro atoms. The third-order valence-corrected chi connectivity index (χ3v) is 10.9. The quantitative estimate of drug-likeness (QED) is 0.0450. The second-order valence-electron chi connectivity index (χ2n) is 16.5. The normalized spacial score (nSPS) is 11.2. The van der Waals surface area contributed by atoms with Crippen LogP contribution < -0.4 is 25.8 Å². The Morgan fingerprint density at radius 2 is 0.797 bits per heavy atom. The van der Waals surface area contributed by atoms with Gasteiger partial charge in [-0.1, -0.05) is 160 Å². The highest BCUT2D eigenvalue weighted by molar-refractivity contribution is 5.86. The van der Waals surface area contributed by atoms with Crippen LogP contribution in [-0.4, -0.2) is 39.4 Å². The lowest BCUT2D eigenvalue weighted by Crippen LogP contribution is -2.20. The molecule has 8 heteroatoms. The molecule has 0 aliphatic carbocycles. The minimum absolute atomic E-state index is 0. The number of benzene rings is 1. The van der Waals surface area contributed by atoms with E-state index in [-0.39, 0.29) is 37.2 Å². The van der Waals surface area contributed by atoms with Crippen molar-refractivity contribution in [3.8, 4) is 11.5 Å². The number of unbranched alkanes of at least 4 members (excludes halogenated alkanes) is 26. The van der Waals surface area contributed by atoms with E-state index in [9.17, 15) is 0 Å². The number of rotatable bonds is 45. The molecule has 0 fully saturated rings. The van der Waals surface area contributed by atoms with Gasteiger partial charge >= 0.3 is 0 Å². The van der Waals surface area contributed by atoms with Crippen molar-refractivity contribution in [2.45, 2.75) is 226 Å². The molecule has 1 rings (SSSR count). The predicted octanol–water partition coefficient (Wildman–Crippen LogP) is 16.0. The average molecular weight is 892 g/mol. The van der Waals surface area contributed by atoms with E-state index in [1.54, 1.807) is 0 Å². The Kier molecular flexibility index (Phi) is 56.2. The molecule has 4 N–H and O–H groups in total. The number of ether oxygens (including phenoxy) is 2. The van der Waals surface area contributed by atoms with Gasteiger partial charge in [-0.15, -0.1) is 37.2 Å². The number of halogens is 3. The molecule has 0 aromatic heterocycles. The number of hydrogen-bond donors (Lipinski definition) is 3. The first kappa shape index (κ1) is 62.3. The van der Waals surface area contributed by atoms with Crippen LogP contribution in [0.1, 0.15) is 225 Å². The van der Waals surface area contributed by atoms with Gasteiger partial charge in [-0.05, 0) is 134 Å². The summed E-state index contributed by atoms with van der Waals surface area (Å²) in [4.78, 5) is 0. The molecule has 350 valence electrons. The van der Waals surface area contributed by atoms with Crippen molar-refractivity contribution in [3.05, 3.63) is 48.1 Å². The van der Waals surface area contributed by atoms with Crippen LogP contribution in [0.3, 0.4) is 0 Å². The lowest BCUT2D eigenvalue weighted by atomic mass is 10.1. The highest BCUT2D eigenvalue weighted by atomic mass is 35.5. The van der Waals surface area contributed by atoms with Crippen LogP contribution in [0.25, 0.3) is 0 Å². The molecule has 0 atom stereocenters. The number of allylic oxidation sites excluding steroid dienone is 4. The summed E-state index contributed by atoms with van der Waals surface area (Å²) in [6.07, 6.45) is 51.4. The van der Waals surface area contributed by atoms with Gasteiger partial charge in [0.25, 0.3) is 0 Å². The second kappa shape index (κ2) is 53.2. The first-order chi connectivity index (χ1) is 27.8. The van der Waals surface area contributed by atoms with Gasteiger partial charge in [-0.25, -0.2) is 0 Å². The fraction of sp³-hybridized carbons (Fsp3) is 0.804. The second-order valence-corrected chi connectivity index (χ2v) is 16.5. The highest BCUT2D eigenvalue weighted by Gasteiger charge is 2.08. The third-order valence-electron chi connectivity index (χ3n) is 10.9. The molecule has 0 unspecified atom stereocenters. The van der Waals surface area contributed by atoms with E-state index in [1.807, 2.05) is 0 Å². The first-order valence-corrected chi connectivity index (χ1v) is 24.6. The Morgan fingerprint density at radius 3 is 1.24 bits per heavy atom. The summed E-state index contributed by atoms with van der Waals surface area (Å²) in [5.74, 6) is 1.83. The minimum atomic E-state index is 0. The fourth-order valence-corrected chi connectivity index (χ4v) is 7.21. The molecule has 0 aliphatic rings. The molecule has 0 aliphatic heterocycles. The van der Waals surface area contributed by atoms with E-state index in [2.05, 4.69) is 67.0 Å². The summed E-state index contributed by atoms with van der Waals surface area (Å²) >= 11 is 0. The highest BCUT2D eigenvalue weighted by Crippen LogP contribution is 2.29. The Hall–Kier alpha value is -0.950. The lowest BCUT2D eigenvalue weighted by Gasteiger charge is -2.15. The Morgan fingerprint density at radius 1 is 0.424 bits per heavy atom. The van der Waals surface area contributed by atoms with Crippen LogP contribution in [-0.2, 0) is 6.54 Å².